The van der Waals surface area contributed by atoms with Gasteiger partial charge in [-0.15, -0.1) is 0 Å². The quantitative estimate of drug-likeness (QED) is 0.862. The summed E-state index contributed by atoms with van der Waals surface area (Å²) in [5, 5.41) is 2.49. The van der Waals surface area contributed by atoms with Crippen molar-refractivity contribution in [3.05, 3.63) is 35.9 Å². The standard InChI is InChI=1S/C16H22N2O3S/c1-17-16(19)11-8-14-6-9-15(10-7-14)22(20,21)18-12-4-2-3-5-13-18/h6-11H,2-5,12-13H2,1H3,(H,17,19)/b11-8+. The highest BCUT2D eigenvalue weighted by atomic mass is 32.2. The van der Waals surface area contributed by atoms with Gasteiger partial charge < -0.3 is 5.32 Å². The summed E-state index contributed by atoms with van der Waals surface area (Å²) in [5.74, 6) is -0.193. The first-order valence-electron chi connectivity index (χ1n) is 7.54. The van der Waals surface area contributed by atoms with Gasteiger partial charge in [0.1, 0.15) is 0 Å². The second kappa shape index (κ2) is 7.56. The SMILES string of the molecule is CNC(=O)/C=C/c1ccc(S(=O)(=O)N2CCCCCC2)cc1. The van der Waals surface area contributed by atoms with Gasteiger partial charge in [0.05, 0.1) is 4.90 Å². The smallest absolute Gasteiger partial charge is 0.243 e. The van der Waals surface area contributed by atoms with E-state index in [2.05, 4.69) is 5.32 Å². The lowest BCUT2D eigenvalue weighted by molar-refractivity contribution is -0.115. The van der Waals surface area contributed by atoms with Gasteiger partial charge in [0.25, 0.3) is 0 Å². The molecule has 0 unspecified atom stereocenters. The monoisotopic (exact) mass is 322 g/mol. The van der Waals surface area contributed by atoms with Crippen LogP contribution in [0.3, 0.4) is 0 Å². The fraction of sp³-hybridized carbons (Fsp3) is 0.438. The molecule has 1 N–H and O–H groups in total. The maximum atomic E-state index is 12.6. The zero-order chi connectivity index (χ0) is 16.0. The van der Waals surface area contributed by atoms with Crippen LogP contribution in [0.15, 0.2) is 35.2 Å². The van der Waals surface area contributed by atoms with E-state index in [-0.39, 0.29) is 5.91 Å². The predicted octanol–water partition coefficient (Wildman–Crippen LogP) is 2.01. The maximum Gasteiger partial charge on any atom is 0.243 e. The molecule has 0 atom stereocenters. The zero-order valence-corrected chi connectivity index (χ0v) is 13.6. The largest absolute Gasteiger partial charge is 0.356 e. The molecule has 6 heteroatoms. The molecular weight excluding hydrogens is 300 g/mol. The van der Waals surface area contributed by atoms with E-state index in [1.165, 1.54) is 6.08 Å². The number of nitrogens with zero attached hydrogens (tertiary/aromatic N) is 1. The molecule has 0 aromatic heterocycles. The van der Waals surface area contributed by atoms with Crippen LogP contribution in [0.1, 0.15) is 31.2 Å². The van der Waals surface area contributed by atoms with Crippen LogP contribution >= 0.6 is 0 Å². The van der Waals surface area contributed by atoms with Crippen molar-refractivity contribution in [2.75, 3.05) is 20.1 Å². The van der Waals surface area contributed by atoms with Gasteiger partial charge in [0.15, 0.2) is 0 Å². The minimum absolute atomic E-state index is 0.193. The number of hydrogen-bond acceptors (Lipinski definition) is 3. The van der Waals surface area contributed by atoms with E-state index in [9.17, 15) is 13.2 Å². The van der Waals surface area contributed by atoms with Crippen LogP contribution in [-0.4, -0.2) is 38.8 Å². The van der Waals surface area contributed by atoms with Crippen molar-refractivity contribution in [1.82, 2.24) is 9.62 Å². The van der Waals surface area contributed by atoms with Gasteiger partial charge in [0, 0.05) is 26.2 Å². The number of carbonyl (C=O) groups excluding carboxylic acids is 1. The zero-order valence-electron chi connectivity index (χ0n) is 12.8. The number of rotatable bonds is 4. The van der Waals surface area contributed by atoms with E-state index >= 15 is 0 Å². The molecule has 1 aliphatic rings. The summed E-state index contributed by atoms with van der Waals surface area (Å²) < 4.78 is 26.8. The third-order valence-corrected chi connectivity index (χ3v) is 5.67. The Labute approximate surface area is 132 Å². The van der Waals surface area contributed by atoms with Gasteiger partial charge in [-0.1, -0.05) is 25.0 Å². The van der Waals surface area contributed by atoms with Crippen LogP contribution in [-0.2, 0) is 14.8 Å². The highest BCUT2D eigenvalue weighted by molar-refractivity contribution is 7.89. The van der Waals surface area contributed by atoms with Gasteiger partial charge >= 0.3 is 0 Å². The fourth-order valence-electron chi connectivity index (χ4n) is 2.44. The van der Waals surface area contributed by atoms with Crippen molar-refractivity contribution in [2.45, 2.75) is 30.6 Å². The Balaban J connectivity index is 2.14. The highest BCUT2D eigenvalue weighted by Crippen LogP contribution is 2.20. The molecule has 0 aliphatic carbocycles. The molecule has 1 amide bonds. The first-order valence-corrected chi connectivity index (χ1v) is 8.98. The number of nitrogens with one attached hydrogen (secondary N) is 1. The van der Waals surface area contributed by atoms with Gasteiger partial charge in [-0.3, -0.25) is 4.79 Å². The predicted molar refractivity (Wildman–Crippen MR) is 86.8 cm³/mol. The second-order valence-electron chi connectivity index (χ2n) is 5.33. The van der Waals surface area contributed by atoms with Crippen LogP contribution < -0.4 is 5.32 Å². The highest BCUT2D eigenvalue weighted by Gasteiger charge is 2.24. The summed E-state index contributed by atoms with van der Waals surface area (Å²) >= 11 is 0. The van der Waals surface area contributed by atoms with E-state index in [1.807, 2.05) is 0 Å². The van der Waals surface area contributed by atoms with Gasteiger partial charge in [-0.2, -0.15) is 4.31 Å². The van der Waals surface area contributed by atoms with Crippen molar-refractivity contribution in [2.24, 2.45) is 0 Å². The third kappa shape index (κ3) is 4.18. The van der Waals surface area contributed by atoms with Crippen molar-refractivity contribution in [1.29, 1.82) is 0 Å². The van der Waals surface area contributed by atoms with Gasteiger partial charge in [0.2, 0.25) is 15.9 Å². The minimum atomic E-state index is -3.41. The average Bonchev–Trinajstić information content (AvgIpc) is 2.82. The van der Waals surface area contributed by atoms with Gasteiger partial charge in [-0.05, 0) is 36.6 Å². The molecule has 0 bridgehead atoms. The van der Waals surface area contributed by atoms with E-state index < -0.39 is 10.0 Å². The van der Waals surface area contributed by atoms with E-state index in [4.69, 9.17) is 0 Å². The van der Waals surface area contributed by atoms with Crippen molar-refractivity contribution >= 4 is 22.0 Å². The van der Waals surface area contributed by atoms with Crippen LogP contribution in [0.5, 0.6) is 0 Å². The molecule has 1 fully saturated rings. The minimum Gasteiger partial charge on any atom is -0.356 e. The van der Waals surface area contributed by atoms with Crippen molar-refractivity contribution in [3.8, 4) is 0 Å². The lowest BCUT2D eigenvalue weighted by Crippen LogP contribution is -2.31. The number of amides is 1. The molecule has 2 rings (SSSR count). The molecule has 1 heterocycles. The summed E-state index contributed by atoms with van der Waals surface area (Å²) in [6.07, 6.45) is 7.10. The molecule has 1 aliphatic heterocycles. The van der Waals surface area contributed by atoms with E-state index in [0.29, 0.717) is 18.0 Å². The number of likely N-dealkylation sites (N-methyl/N-ethyl adjacent to an activating group) is 1. The summed E-state index contributed by atoms with van der Waals surface area (Å²) in [7, 11) is -1.85. The normalized spacial score (nSPS) is 17.3. The van der Waals surface area contributed by atoms with E-state index in [1.54, 1.807) is 41.7 Å². The Bertz CT molecular complexity index is 628. The van der Waals surface area contributed by atoms with Crippen LogP contribution in [0.25, 0.3) is 6.08 Å². The molecule has 1 saturated heterocycles. The molecule has 22 heavy (non-hydrogen) atoms. The molecule has 120 valence electrons. The summed E-state index contributed by atoms with van der Waals surface area (Å²) in [6, 6.07) is 6.63. The van der Waals surface area contributed by atoms with Crippen LogP contribution in [0.2, 0.25) is 0 Å². The lowest BCUT2D eigenvalue weighted by Gasteiger charge is -2.19. The molecule has 1 aromatic carbocycles. The summed E-state index contributed by atoms with van der Waals surface area (Å²) in [5.41, 5.74) is 0.790. The molecule has 5 nitrogen and oxygen atoms in total. The molecule has 0 spiro atoms. The Hall–Kier alpha value is -1.66. The second-order valence-corrected chi connectivity index (χ2v) is 7.27. The van der Waals surface area contributed by atoms with E-state index in [0.717, 1.165) is 31.2 Å². The molecule has 1 aromatic rings. The van der Waals surface area contributed by atoms with Crippen LogP contribution in [0, 0.1) is 0 Å². The number of carbonyl (C=O) groups is 1. The van der Waals surface area contributed by atoms with Crippen molar-refractivity contribution in [3.63, 3.8) is 0 Å². The summed E-state index contributed by atoms with van der Waals surface area (Å²) in [6.45, 7) is 1.20. The number of benzene rings is 1. The Morgan fingerprint density at radius 2 is 1.68 bits per heavy atom. The Morgan fingerprint density at radius 1 is 1.09 bits per heavy atom. The number of hydrogen-bond donors (Lipinski definition) is 1. The Morgan fingerprint density at radius 3 is 2.23 bits per heavy atom. The van der Waals surface area contributed by atoms with Crippen LogP contribution in [0.4, 0.5) is 0 Å². The first-order chi connectivity index (χ1) is 10.5. The Kier molecular flexibility index (Phi) is 5.74. The molecule has 0 saturated carbocycles. The van der Waals surface area contributed by atoms with Crippen molar-refractivity contribution < 1.29 is 13.2 Å². The average molecular weight is 322 g/mol. The maximum absolute atomic E-state index is 12.6. The first kappa shape index (κ1) is 16.7. The van der Waals surface area contributed by atoms with Gasteiger partial charge in [-0.25, -0.2) is 8.42 Å². The third-order valence-electron chi connectivity index (χ3n) is 3.76. The number of sulfonamides is 1. The molecular formula is C16H22N2O3S. The summed E-state index contributed by atoms with van der Waals surface area (Å²) in [4.78, 5) is 11.5. The lowest BCUT2D eigenvalue weighted by atomic mass is 10.2. The molecule has 0 radical (unpaired) electrons. The fourth-order valence-corrected chi connectivity index (χ4v) is 3.95. The topological polar surface area (TPSA) is 66.5 Å².